The van der Waals surface area contributed by atoms with Crippen molar-refractivity contribution < 1.29 is 14.0 Å². The second kappa shape index (κ2) is 6.29. The van der Waals surface area contributed by atoms with Gasteiger partial charge in [-0.25, -0.2) is 0 Å². The number of amides is 2. The number of primary amides is 1. The van der Waals surface area contributed by atoms with E-state index in [9.17, 15) is 9.59 Å². The number of hydrogen-bond donors (Lipinski definition) is 2. The lowest BCUT2D eigenvalue weighted by Gasteiger charge is -2.05. The zero-order valence-electron chi connectivity index (χ0n) is 14.8. The number of carbonyl (C=O) groups is 2. The molecule has 0 fully saturated rings. The van der Waals surface area contributed by atoms with Gasteiger partial charge in [0.05, 0.1) is 18.2 Å². The van der Waals surface area contributed by atoms with Gasteiger partial charge in [0.25, 0.3) is 5.91 Å². The number of thiophene rings is 1. The molecule has 0 atom stereocenters. The summed E-state index contributed by atoms with van der Waals surface area (Å²) in [5, 5.41) is 4.36. The first-order valence-electron chi connectivity index (χ1n) is 8.65. The molecule has 0 saturated heterocycles. The van der Waals surface area contributed by atoms with Crippen LogP contribution < -0.4 is 11.1 Å². The number of carbonyl (C=O) groups excluding carboxylic acids is 2. The fourth-order valence-electron chi connectivity index (χ4n) is 3.64. The molecule has 5 nitrogen and oxygen atoms in total. The molecule has 0 spiro atoms. The van der Waals surface area contributed by atoms with E-state index in [1.807, 2.05) is 13.8 Å². The van der Waals surface area contributed by atoms with E-state index in [4.69, 9.17) is 10.2 Å². The normalized spacial score (nSPS) is 13.2. The first kappa shape index (κ1) is 16.8. The SMILES string of the molecule is Cc1sc(NC(=O)Cc2coc3cc4c(cc23)CCC4)c(C(N)=O)c1C. The van der Waals surface area contributed by atoms with Crippen LogP contribution in [0, 0.1) is 13.8 Å². The van der Waals surface area contributed by atoms with Crippen molar-refractivity contribution in [1.82, 2.24) is 0 Å². The zero-order valence-corrected chi connectivity index (χ0v) is 15.6. The Morgan fingerprint density at radius 3 is 2.69 bits per heavy atom. The van der Waals surface area contributed by atoms with Crippen LogP contribution in [0.2, 0.25) is 0 Å². The lowest BCUT2D eigenvalue weighted by molar-refractivity contribution is -0.115. The summed E-state index contributed by atoms with van der Waals surface area (Å²) in [4.78, 5) is 25.2. The Morgan fingerprint density at radius 1 is 1.23 bits per heavy atom. The first-order chi connectivity index (χ1) is 12.4. The quantitative estimate of drug-likeness (QED) is 0.733. The Hall–Kier alpha value is -2.60. The minimum atomic E-state index is -0.522. The second-order valence-corrected chi connectivity index (χ2v) is 8.03. The van der Waals surface area contributed by atoms with Crippen LogP contribution in [-0.2, 0) is 24.1 Å². The molecule has 1 aliphatic carbocycles. The number of nitrogens with two attached hydrogens (primary N) is 1. The van der Waals surface area contributed by atoms with E-state index in [2.05, 4.69) is 17.4 Å². The Bertz CT molecular complexity index is 1050. The van der Waals surface area contributed by atoms with Gasteiger partial charge in [-0.15, -0.1) is 11.3 Å². The molecule has 0 unspecified atom stereocenters. The predicted molar refractivity (Wildman–Crippen MR) is 103 cm³/mol. The topological polar surface area (TPSA) is 85.3 Å². The smallest absolute Gasteiger partial charge is 0.251 e. The van der Waals surface area contributed by atoms with E-state index in [1.54, 1.807) is 6.26 Å². The highest BCUT2D eigenvalue weighted by atomic mass is 32.1. The van der Waals surface area contributed by atoms with Gasteiger partial charge < -0.3 is 15.5 Å². The predicted octanol–water partition coefficient (Wildman–Crippen LogP) is 3.88. The average Bonchev–Trinajstić information content (AvgIpc) is 3.25. The van der Waals surface area contributed by atoms with Gasteiger partial charge >= 0.3 is 0 Å². The first-order valence-corrected chi connectivity index (χ1v) is 9.47. The highest BCUT2D eigenvalue weighted by Gasteiger charge is 2.20. The van der Waals surface area contributed by atoms with Gasteiger partial charge in [-0.05, 0) is 61.9 Å². The van der Waals surface area contributed by atoms with Gasteiger partial charge in [0.15, 0.2) is 0 Å². The summed E-state index contributed by atoms with van der Waals surface area (Å²) in [7, 11) is 0. The van der Waals surface area contributed by atoms with E-state index in [1.165, 1.54) is 28.9 Å². The van der Waals surface area contributed by atoms with E-state index in [-0.39, 0.29) is 12.3 Å². The van der Waals surface area contributed by atoms with Crippen molar-refractivity contribution in [1.29, 1.82) is 0 Å². The summed E-state index contributed by atoms with van der Waals surface area (Å²) < 4.78 is 5.66. The highest BCUT2D eigenvalue weighted by molar-refractivity contribution is 7.16. The van der Waals surface area contributed by atoms with Crippen LogP contribution in [0.4, 0.5) is 5.00 Å². The molecule has 134 valence electrons. The fourth-order valence-corrected chi connectivity index (χ4v) is 4.72. The van der Waals surface area contributed by atoms with Crippen LogP contribution in [0.5, 0.6) is 0 Å². The van der Waals surface area contributed by atoms with Crippen molar-refractivity contribution >= 4 is 39.1 Å². The maximum Gasteiger partial charge on any atom is 0.251 e. The van der Waals surface area contributed by atoms with Crippen molar-refractivity contribution in [3.8, 4) is 0 Å². The summed E-state index contributed by atoms with van der Waals surface area (Å²) in [5.74, 6) is -0.705. The number of hydrogen-bond acceptors (Lipinski definition) is 4. The van der Waals surface area contributed by atoms with Crippen molar-refractivity contribution in [2.45, 2.75) is 39.5 Å². The standard InChI is InChI=1S/C20H20N2O3S/c1-10-11(2)26-20(18(10)19(21)24)22-17(23)8-14-9-25-16-7-13-5-3-4-12(13)6-15(14)16/h6-7,9H,3-5,8H2,1-2H3,(H2,21,24)(H,22,23). The van der Waals surface area contributed by atoms with Gasteiger partial charge in [-0.2, -0.15) is 0 Å². The Kier molecular flexibility index (Phi) is 4.07. The van der Waals surface area contributed by atoms with Gasteiger partial charge in [0, 0.05) is 15.8 Å². The number of aryl methyl sites for hydroxylation is 3. The van der Waals surface area contributed by atoms with Crippen LogP contribution >= 0.6 is 11.3 Å². The van der Waals surface area contributed by atoms with Crippen LogP contribution in [0.1, 0.15) is 43.9 Å². The van der Waals surface area contributed by atoms with Crippen molar-refractivity contribution in [2.24, 2.45) is 5.73 Å². The molecule has 0 saturated carbocycles. The Balaban J connectivity index is 1.59. The summed E-state index contributed by atoms with van der Waals surface area (Å²) in [6.07, 6.45) is 5.19. The summed E-state index contributed by atoms with van der Waals surface area (Å²) >= 11 is 1.37. The third-order valence-electron chi connectivity index (χ3n) is 5.10. The number of fused-ring (bicyclic) bond motifs is 2. The average molecular weight is 368 g/mol. The number of anilines is 1. The maximum atomic E-state index is 12.6. The molecule has 0 bridgehead atoms. The Labute approximate surface area is 155 Å². The second-order valence-electron chi connectivity index (χ2n) is 6.81. The third-order valence-corrected chi connectivity index (χ3v) is 6.23. The maximum absolute atomic E-state index is 12.6. The minimum absolute atomic E-state index is 0.183. The number of benzene rings is 1. The molecular weight excluding hydrogens is 348 g/mol. The molecule has 1 aliphatic rings. The molecule has 2 aromatic heterocycles. The van der Waals surface area contributed by atoms with Gasteiger partial charge in [0.1, 0.15) is 10.6 Å². The Morgan fingerprint density at radius 2 is 1.96 bits per heavy atom. The molecule has 6 heteroatoms. The third kappa shape index (κ3) is 2.80. The van der Waals surface area contributed by atoms with Gasteiger partial charge in [-0.1, -0.05) is 0 Å². The molecule has 2 amide bonds. The van der Waals surface area contributed by atoms with Gasteiger partial charge in [-0.3, -0.25) is 9.59 Å². The monoisotopic (exact) mass is 368 g/mol. The zero-order chi connectivity index (χ0) is 18.4. The largest absolute Gasteiger partial charge is 0.464 e. The summed E-state index contributed by atoms with van der Waals surface area (Å²) in [6, 6.07) is 4.24. The molecule has 26 heavy (non-hydrogen) atoms. The lowest BCUT2D eigenvalue weighted by atomic mass is 10.0. The van der Waals surface area contributed by atoms with E-state index < -0.39 is 5.91 Å². The van der Waals surface area contributed by atoms with Crippen LogP contribution in [0.3, 0.4) is 0 Å². The molecule has 1 aromatic carbocycles. The number of rotatable bonds is 4. The molecule has 3 aromatic rings. The van der Waals surface area contributed by atoms with Crippen molar-refractivity contribution in [3.05, 3.63) is 51.1 Å². The molecule has 0 aliphatic heterocycles. The number of furan rings is 1. The molecule has 0 radical (unpaired) electrons. The fraction of sp³-hybridized carbons (Fsp3) is 0.300. The summed E-state index contributed by atoms with van der Waals surface area (Å²) in [6.45, 7) is 3.75. The van der Waals surface area contributed by atoms with E-state index in [0.29, 0.717) is 10.6 Å². The van der Waals surface area contributed by atoms with Crippen LogP contribution in [0.15, 0.2) is 22.8 Å². The summed E-state index contributed by atoms with van der Waals surface area (Å²) in [5.41, 5.74) is 11.1. The van der Waals surface area contributed by atoms with Gasteiger partial charge in [0.2, 0.25) is 5.91 Å². The highest BCUT2D eigenvalue weighted by Crippen LogP contribution is 2.33. The molecule has 3 N–H and O–H groups in total. The number of nitrogens with one attached hydrogen (secondary N) is 1. The van der Waals surface area contributed by atoms with Crippen LogP contribution in [0.25, 0.3) is 11.0 Å². The van der Waals surface area contributed by atoms with E-state index in [0.717, 1.165) is 39.8 Å². The molecular formula is C20H20N2O3S. The lowest BCUT2D eigenvalue weighted by Crippen LogP contribution is -2.18. The van der Waals surface area contributed by atoms with Crippen LogP contribution in [-0.4, -0.2) is 11.8 Å². The molecule has 4 rings (SSSR count). The minimum Gasteiger partial charge on any atom is -0.464 e. The van der Waals surface area contributed by atoms with Crippen molar-refractivity contribution in [2.75, 3.05) is 5.32 Å². The molecule has 2 heterocycles. The van der Waals surface area contributed by atoms with Crippen molar-refractivity contribution in [3.63, 3.8) is 0 Å². The van der Waals surface area contributed by atoms with E-state index >= 15 is 0 Å².